The largest absolute Gasteiger partial charge is 0.179 e. The van der Waals surface area contributed by atoms with Gasteiger partial charge in [0.2, 0.25) is 0 Å². The van der Waals surface area contributed by atoms with Crippen molar-refractivity contribution >= 4 is 47.9 Å². The fraction of sp³-hybridized carbons (Fsp3) is 1.00. The van der Waals surface area contributed by atoms with Crippen molar-refractivity contribution in [2.75, 3.05) is 40.8 Å². The standard InChI is InChI=1S/C7H16S4/c1-9-4-5-11-7-6-10-3-2-8/h8H,2-7H2,1H3. The maximum atomic E-state index is 4.15. The van der Waals surface area contributed by atoms with Crippen molar-refractivity contribution in [2.45, 2.75) is 0 Å². The predicted octanol–water partition coefficient (Wildman–Crippen LogP) is 2.75. The van der Waals surface area contributed by atoms with E-state index < -0.39 is 0 Å². The van der Waals surface area contributed by atoms with Gasteiger partial charge < -0.3 is 0 Å². The Hall–Kier alpha value is 1.40. The number of hydrogen-bond acceptors (Lipinski definition) is 4. The van der Waals surface area contributed by atoms with Crippen LogP contribution in [-0.4, -0.2) is 40.8 Å². The van der Waals surface area contributed by atoms with Crippen LogP contribution < -0.4 is 0 Å². The third kappa shape index (κ3) is 11.4. The second-order valence-electron chi connectivity index (χ2n) is 1.94. The highest BCUT2D eigenvalue weighted by Crippen LogP contribution is 2.08. The Labute approximate surface area is 88.5 Å². The molecular weight excluding hydrogens is 212 g/mol. The number of hydrogen-bond donors (Lipinski definition) is 1. The first-order valence-corrected chi connectivity index (χ1v) is 8.00. The summed E-state index contributed by atoms with van der Waals surface area (Å²) in [7, 11) is 0. The fourth-order valence-corrected chi connectivity index (χ4v) is 3.53. The van der Waals surface area contributed by atoms with Gasteiger partial charge >= 0.3 is 0 Å². The van der Waals surface area contributed by atoms with Gasteiger partial charge in [-0.05, 0) is 12.0 Å². The Kier molecular flexibility index (Phi) is 12.9. The zero-order chi connectivity index (χ0) is 8.36. The highest BCUT2D eigenvalue weighted by molar-refractivity contribution is 8.04. The van der Waals surface area contributed by atoms with E-state index in [-0.39, 0.29) is 0 Å². The molecule has 0 aliphatic carbocycles. The van der Waals surface area contributed by atoms with Crippen LogP contribution in [-0.2, 0) is 0 Å². The summed E-state index contributed by atoms with van der Waals surface area (Å²) in [6, 6.07) is 0. The molecular formula is C7H16S4. The summed E-state index contributed by atoms with van der Waals surface area (Å²) >= 11 is 10.1. The third-order valence-electron chi connectivity index (χ3n) is 1.04. The van der Waals surface area contributed by atoms with E-state index in [2.05, 4.69) is 30.6 Å². The molecule has 0 aliphatic rings. The minimum absolute atomic E-state index is 1.01. The van der Waals surface area contributed by atoms with E-state index in [9.17, 15) is 0 Å². The molecule has 0 radical (unpaired) electrons. The van der Waals surface area contributed by atoms with Crippen LogP contribution in [0.15, 0.2) is 0 Å². The van der Waals surface area contributed by atoms with Crippen LogP contribution in [0.4, 0.5) is 0 Å². The molecule has 0 bridgehead atoms. The van der Waals surface area contributed by atoms with Crippen molar-refractivity contribution in [1.29, 1.82) is 0 Å². The molecule has 0 fully saturated rings. The van der Waals surface area contributed by atoms with E-state index in [1.807, 2.05) is 23.5 Å². The summed E-state index contributed by atoms with van der Waals surface area (Å²) in [5.74, 6) is 7.41. The van der Waals surface area contributed by atoms with Gasteiger partial charge in [-0.15, -0.1) is 0 Å². The smallest absolute Gasteiger partial charge is 0.00238 e. The van der Waals surface area contributed by atoms with E-state index in [1.165, 1.54) is 28.8 Å². The van der Waals surface area contributed by atoms with Crippen molar-refractivity contribution in [3.63, 3.8) is 0 Å². The van der Waals surface area contributed by atoms with Crippen molar-refractivity contribution in [3.8, 4) is 0 Å². The lowest BCUT2D eigenvalue weighted by molar-refractivity contribution is 1.47. The first-order valence-electron chi connectivity index (χ1n) is 3.67. The number of rotatable bonds is 8. The lowest BCUT2D eigenvalue weighted by atomic mass is 10.9. The molecule has 0 unspecified atom stereocenters. The molecule has 0 saturated heterocycles. The third-order valence-corrected chi connectivity index (χ3v) is 4.67. The Morgan fingerprint density at radius 1 is 0.909 bits per heavy atom. The molecule has 0 aromatic rings. The number of thiol groups is 1. The molecule has 0 aromatic heterocycles. The Morgan fingerprint density at radius 2 is 1.45 bits per heavy atom. The van der Waals surface area contributed by atoms with Crippen molar-refractivity contribution in [2.24, 2.45) is 0 Å². The summed E-state index contributed by atoms with van der Waals surface area (Å²) in [5, 5.41) is 0. The first kappa shape index (κ1) is 12.4. The van der Waals surface area contributed by atoms with E-state index in [0.717, 1.165) is 5.75 Å². The summed E-state index contributed by atoms with van der Waals surface area (Å²) in [6.45, 7) is 0. The predicted molar refractivity (Wildman–Crippen MR) is 66.9 cm³/mol. The van der Waals surface area contributed by atoms with Gasteiger partial charge in [0, 0.05) is 28.8 Å². The lowest BCUT2D eigenvalue weighted by Crippen LogP contribution is -1.90. The van der Waals surface area contributed by atoms with Gasteiger partial charge in [-0.25, -0.2) is 0 Å². The van der Waals surface area contributed by atoms with E-state index in [1.54, 1.807) is 0 Å². The molecule has 0 aliphatic heterocycles. The molecule has 0 saturated carbocycles. The van der Waals surface area contributed by atoms with Crippen molar-refractivity contribution in [1.82, 2.24) is 0 Å². The van der Waals surface area contributed by atoms with Crippen LogP contribution in [0.5, 0.6) is 0 Å². The lowest BCUT2D eigenvalue weighted by Gasteiger charge is -1.99. The SMILES string of the molecule is CSCCSCCSCCS. The van der Waals surface area contributed by atoms with Crippen LogP contribution in [0.3, 0.4) is 0 Å². The highest BCUT2D eigenvalue weighted by Gasteiger charge is 1.89. The quantitative estimate of drug-likeness (QED) is 0.501. The zero-order valence-corrected chi connectivity index (χ0v) is 10.3. The molecule has 11 heavy (non-hydrogen) atoms. The monoisotopic (exact) mass is 228 g/mol. The second kappa shape index (κ2) is 11.4. The molecule has 0 heterocycles. The van der Waals surface area contributed by atoms with Crippen molar-refractivity contribution < 1.29 is 0 Å². The molecule has 0 atom stereocenters. The maximum Gasteiger partial charge on any atom is 0.00238 e. The molecule has 68 valence electrons. The van der Waals surface area contributed by atoms with Gasteiger partial charge in [-0.1, -0.05) is 0 Å². The first-order chi connectivity index (χ1) is 5.41. The van der Waals surface area contributed by atoms with Gasteiger partial charge in [-0.2, -0.15) is 47.9 Å². The molecule has 0 nitrogen and oxygen atoms in total. The normalized spacial score (nSPS) is 10.4. The van der Waals surface area contributed by atoms with E-state index >= 15 is 0 Å². The average Bonchev–Trinajstić information content (AvgIpc) is 2.03. The van der Waals surface area contributed by atoms with Crippen molar-refractivity contribution in [3.05, 3.63) is 0 Å². The fourth-order valence-electron chi connectivity index (χ4n) is 0.529. The Balaban J connectivity index is 2.69. The molecule has 0 amide bonds. The van der Waals surface area contributed by atoms with Gasteiger partial charge in [0.25, 0.3) is 0 Å². The number of thioether (sulfide) groups is 3. The van der Waals surface area contributed by atoms with Gasteiger partial charge in [0.15, 0.2) is 0 Å². The van der Waals surface area contributed by atoms with Crippen LogP contribution in [0.2, 0.25) is 0 Å². The maximum absolute atomic E-state index is 4.15. The van der Waals surface area contributed by atoms with E-state index in [4.69, 9.17) is 0 Å². The second-order valence-corrected chi connectivity index (χ2v) is 5.82. The van der Waals surface area contributed by atoms with Gasteiger partial charge in [0.05, 0.1) is 0 Å². The molecule has 0 rings (SSSR count). The van der Waals surface area contributed by atoms with E-state index in [0.29, 0.717) is 0 Å². The Morgan fingerprint density at radius 3 is 2.00 bits per heavy atom. The average molecular weight is 228 g/mol. The topological polar surface area (TPSA) is 0 Å². The van der Waals surface area contributed by atoms with Crippen LogP contribution in [0.25, 0.3) is 0 Å². The van der Waals surface area contributed by atoms with Crippen LogP contribution in [0.1, 0.15) is 0 Å². The summed E-state index contributed by atoms with van der Waals surface area (Å²) in [4.78, 5) is 0. The Bertz CT molecular complexity index is 59.5. The summed E-state index contributed by atoms with van der Waals surface area (Å²) in [5.41, 5.74) is 0. The summed E-state index contributed by atoms with van der Waals surface area (Å²) < 4.78 is 0. The molecule has 4 heteroatoms. The van der Waals surface area contributed by atoms with Crippen LogP contribution in [0, 0.1) is 0 Å². The molecule has 0 aromatic carbocycles. The molecule has 0 N–H and O–H groups in total. The van der Waals surface area contributed by atoms with Gasteiger partial charge in [0.1, 0.15) is 0 Å². The zero-order valence-electron chi connectivity index (χ0n) is 6.91. The van der Waals surface area contributed by atoms with Gasteiger partial charge in [-0.3, -0.25) is 0 Å². The molecule has 0 spiro atoms. The minimum atomic E-state index is 1.01. The minimum Gasteiger partial charge on any atom is -0.179 e. The summed E-state index contributed by atoms with van der Waals surface area (Å²) in [6.07, 6.45) is 2.16. The highest BCUT2D eigenvalue weighted by atomic mass is 32.2. The van der Waals surface area contributed by atoms with Crippen LogP contribution >= 0.6 is 47.9 Å².